The number of allylic oxidation sites excluding steroid dienone is 1. The van der Waals surface area contributed by atoms with E-state index in [4.69, 9.17) is 0 Å². The van der Waals surface area contributed by atoms with Crippen LogP contribution in [0.3, 0.4) is 0 Å². The van der Waals surface area contributed by atoms with Crippen molar-refractivity contribution in [3.63, 3.8) is 0 Å². The normalized spacial score (nSPS) is 25.3. The second-order valence-electron chi connectivity index (χ2n) is 12.9. The van der Waals surface area contributed by atoms with E-state index in [0.29, 0.717) is 36.0 Å². The van der Waals surface area contributed by atoms with Gasteiger partial charge >= 0.3 is 0 Å². The smallest absolute Gasteiger partial charge is 0.122 e. The Balaban J connectivity index is 1.87. The summed E-state index contributed by atoms with van der Waals surface area (Å²) in [6.07, 6.45) is 6.43. The highest BCUT2D eigenvalue weighted by atomic mass is 16.3. The molecule has 0 saturated heterocycles. The van der Waals surface area contributed by atoms with Crippen LogP contribution in [0.25, 0.3) is 0 Å². The number of aliphatic hydroxyl groups excluding tert-OH is 2. The SMILES string of the molecule is C=C1CCC(C(c2cc(CCO)cc(C)c2O)c2cc(CCO)cc(C)c2O)C(C)CCC2C1CC2(C)C. The van der Waals surface area contributed by atoms with Crippen molar-refractivity contribution in [1.29, 1.82) is 0 Å². The second kappa shape index (κ2) is 11.4. The number of benzene rings is 2. The van der Waals surface area contributed by atoms with Crippen molar-refractivity contribution in [2.24, 2.45) is 29.1 Å². The van der Waals surface area contributed by atoms with Crippen LogP contribution in [0.1, 0.15) is 92.2 Å². The average Bonchev–Trinajstić information content (AvgIpc) is 2.89. The van der Waals surface area contributed by atoms with E-state index in [-0.39, 0.29) is 36.5 Å². The van der Waals surface area contributed by atoms with Gasteiger partial charge in [0.05, 0.1) is 0 Å². The van der Waals surface area contributed by atoms with Crippen molar-refractivity contribution in [2.45, 2.75) is 85.5 Å². The van der Waals surface area contributed by atoms with E-state index in [1.807, 2.05) is 38.1 Å². The molecule has 0 spiro atoms. The summed E-state index contributed by atoms with van der Waals surface area (Å²) in [5, 5.41) is 42.3. The molecule has 2 aromatic carbocycles. The van der Waals surface area contributed by atoms with Crippen molar-refractivity contribution in [3.05, 3.63) is 69.8 Å². The monoisotopic (exact) mass is 520 g/mol. The van der Waals surface area contributed by atoms with Gasteiger partial charge in [-0.05, 0) is 104 Å². The first-order chi connectivity index (χ1) is 18.0. The predicted molar refractivity (Wildman–Crippen MR) is 155 cm³/mol. The molecule has 4 rings (SSSR count). The van der Waals surface area contributed by atoms with Gasteiger partial charge in [-0.1, -0.05) is 63.6 Å². The van der Waals surface area contributed by atoms with Crippen LogP contribution in [0.5, 0.6) is 11.5 Å². The molecule has 2 saturated carbocycles. The Morgan fingerprint density at radius 2 is 1.39 bits per heavy atom. The lowest BCUT2D eigenvalue weighted by molar-refractivity contribution is 0.000340. The van der Waals surface area contributed by atoms with Crippen LogP contribution >= 0.6 is 0 Å². The zero-order valence-corrected chi connectivity index (χ0v) is 24.1. The molecule has 0 amide bonds. The zero-order valence-electron chi connectivity index (χ0n) is 24.1. The molecule has 4 heteroatoms. The van der Waals surface area contributed by atoms with Gasteiger partial charge in [0.2, 0.25) is 0 Å². The fourth-order valence-electron chi connectivity index (χ4n) is 7.66. The number of phenols is 2. The van der Waals surface area contributed by atoms with Crippen LogP contribution in [0.2, 0.25) is 0 Å². The largest absolute Gasteiger partial charge is 0.507 e. The van der Waals surface area contributed by atoms with Gasteiger partial charge < -0.3 is 20.4 Å². The average molecular weight is 521 g/mol. The Labute approximate surface area is 229 Å². The third-order valence-electron chi connectivity index (χ3n) is 9.90. The molecule has 4 nitrogen and oxygen atoms in total. The van der Waals surface area contributed by atoms with Gasteiger partial charge in [-0.25, -0.2) is 0 Å². The fraction of sp³-hybridized carbons (Fsp3) is 0.588. The van der Waals surface area contributed by atoms with Crippen LogP contribution in [0, 0.1) is 42.9 Å². The molecule has 4 unspecified atom stereocenters. The van der Waals surface area contributed by atoms with Crippen LogP contribution in [0.4, 0.5) is 0 Å². The molecular formula is C34H48O4. The Morgan fingerprint density at radius 1 is 0.868 bits per heavy atom. The number of fused-ring (bicyclic) bond motifs is 1. The molecule has 4 N–H and O–H groups in total. The predicted octanol–water partition coefficient (Wildman–Crippen LogP) is 6.96. The maximum atomic E-state index is 11.5. The molecule has 4 atom stereocenters. The standard InChI is InChI=1S/C34H48O4/c1-20-8-10-30-29(19-34(30,5)6)21(2)7-9-26(20)31(27-17-24(11-13-35)15-22(3)32(27)37)28-18-25(12-14-36)16-23(4)33(28)38/h15-18,20,26,29-31,35-38H,2,7-14,19H2,1,3-6H3. The lowest BCUT2D eigenvalue weighted by atomic mass is 9.52. The van der Waals surface area contributed by atoms with Crippen LogP contribution in [0.15, 0.2) is 36.4 Å². The Bertz CT molecular complexity index is 1100. The number of aliphatic hydroxyl groups is 2. The highest BCUT2D eigenvalue weighted by molar-refractivity contribution is 5.54. The highest BCUT2D eigenvalue weighted by Crippen LogP contribution is 2.58. The van der Waals surface area contributed by atoms with Gasteiger partial charge in [0, 0.05) is 30.3 Å². The number of phenolic OH excluding ortho intramolecular Hbond substituents is 2. The summed E-state index contributed by atoms with van der Waals surface area (Å²) in [4.78, 5) is 0. The summed E-state index contributed by atoms with van der Waals surface area (Å²) in [5.74, 6) is 2.17. The third-order valence-corrected chi connectivity index (χ3v) is 9.90. The maximum absolute atomic E-state index is 11.5. The summed E-state index contributed by atoms with van der Waals surface area (Å²) in [6, 6.07) is 7.98. The zero-order chi connectivity index (χ0) is 27.8. The quantitative estimate of drug-likeness (QED) is 0.298. The summed E-state index contributed by atoms with van der Waals surface area (Å²) in [5.41, 5.74) is 6.93. The maximum Gasteiger partial charge on any atom is 0.122 e. The highest BCUT2D eigenvalue weighted by Gasteiger charge is 2.48. The van der Waals surface area contributed by atoms with Gasteiger partial charge in [-0.2, -0.15) is 0 Å². The van der Waals surface area contributed by atoms with E-state index in [9.17, 15) is 20.4 Å². The summed E-state index contributed by atoms with van der Waals surface area (Å²) in [7, 11) is 0. The first-order valence-corrected chi connectivity index (χ1v) is 14.5. The third kappa shape index (κ3) is 5.53. The Hall–Kier alpha value is -2.30. The molecule has 0 bridgehead atoms. The van der Waals surface area contributed by atoms with E-state index in [0.717, 1.165) is 52.6 Å². The second-order valence-corrected chi connectivity index (χ2v) is 12.9. The van der Waals surface area contributed by atoms with Gasteiger partial charge in [0.15, 0.2) is 0 Å². The first kappa shape index (κ1) is 28.7. The van der Waals surface area contributed by atoms with Gasteiger partial charge in [0.1, 0.15) is 11.5 Å². The van der Waals surface area contributed by atoms with E-state index < -0.39 is 0 Å². The van der Waals surface area contributed by atoms with E-state index in [2.05, 4.69) is 27.4 Å². The minimum atomic E-state index is -0.212. The Morgan fingerprint density at radius 3 is 1.87 bits per heavy atom. The van der Waals surface area contributed by atoms with Crippen molar-refractivity contribution in [3.8, 4) is 11.5 Å². The minimum absolute atomic E-state index is 0.0445. The number of aromatic hydroxyl groups is 2. The molecular weight excluding hydrogens is 472 g/mol. The minimum Gasteiger partial charge on any atom is -0.507 e. The molecule has 0 heterocycles. The van der Waals surface area contributed by atoms with Crippen LogP contribution in [-0.2, 0) is 12.8 Å². The number of hydrogen-bond donors (Lipinski definition) is 4. The molecule has 2 aliphatic carbocycles. The first-order valence-electron chi connectivity index (χ1n) is 14.5. The van der Waals surface area contributed by atoms with Crippen LogP contribution in [-0.4, -0.2) is 33.6 Å². The van der Waals surface area contributed by atoms with Crippen LogP contribution < -0.4 is 0 Å². The summed E-state index contributed by atoms with van der Waals surface area (Å²) in [6.45, 7) is 15.6. The lowest BCUT2D eigenvalue weighted by Gasteiger charge is -2.53. The van der Waals surface area contributed by atoms with Gasteiger partial charge in [-0.3, -0.25) is 0 Å². The number of rotatable bonds is 7. The number of aryl methyl sites for hydroxylation is 2. The number of hydrogen-bond acceptors (Lipinski definition) is 4. The van der Waals surface area contributed by atoms with Gasteiger partial charge in [0.25, 0.3) is 0 Å². The summed E-state index contributed by atoms with van der Waals surface area (Å²) < 4.78 is 0. The molecule has 2 fully saturated rings. The molecule has 2 aromatic rings. The van der Waals surface area contributed by atoms with Crippen molar-refractivity contribution >= 4 is 0 Å². The molecule has 38 heavy (non-hydrogen) atoms. The van der Waals surface area contributed by atoms with E-state index in [1.165, 1.54) is 18.4 Å². The molecule has 0 aromatic heterocycles. The van der Waals surface area contributed by atoms with E-state index >= 15 is 0 Å². The molecule has 0 aliphatic heterocycles. The topological polar surface area (TPSA) is 80.9 Å². The fourth-order valence-corrected chi connectivity index (χ4v) is 7.66. The van der Waals surface area contributed by atoms with Crippen molar-refractivity contribution in [2.75, 3.05) is 13.2 Å². The van der Waals surface area contributed by atoms with E-state index in [1.54, 1.807) is 0 Å². The van der Waals surface area contributed by atoms with Crippen molar-refractivity contribution in [1.82, 2.24) is 0 Å². The van der Waals surface area contributed by atoms with Crippen molar-refractivity contribution < 1.29 is 20.4 Å². The lowest BCUT2D eigenvalue weighted by Crippen LogP contribution is -2.44. The molecule has 2 aliphatic rings. The molecule has 0 radical (unpaired) electrons. The Kier molecular flexibility index (Phi) is 8.64. The van der Waals surface area contributed by atoms with Gasteiger partial charge in [-0.15, -0.1) is 0 Å². The molecule has 208 valence electrons. The summed E-state index contributed by atoms with van der Waals surface area (Å²) >= 11 is 0.